The molecule has 2 saturated heterocycles. The Kier molecular flexibility index (Phi) is 21.2. The zero-order valence-electron chi connectivity index (χ0n) is 34.5. The van der Waals surface area contributed by atoms with Gasteiger partial charge in [0.15, 0.2) is 12.0 Å². The summed E-state index contributed by atoms with van der Waals surface area (Å²) < 4.78 is 37.4. The van der Waals surface area contributed by atoms with Crippen molar-refractivity contribution in [3.05, 3.63) is 75.8 Å². The van der Waals surface area contributed by atoms with Gasteiger partial charge in [0.05, 0.1) is 31.1 Å². The summed E-state index contributed by atoms with van der Waals surface area (Å²) in [4.78, 5) is 22.0. The number of hydrogen-bond donors (Lipinski definition) is 1. The van der Waals surface area contributed by atoms with E-state index in [0.717, 1.165) is 167 Å². The highest BCUT2D eigenvalue weighted by Gasteiger charge is 2.29. The topological polar surface area (TPSA) is 162 Å². The van der Waals surface area contributed by atoms with Crippen LogP contribution < -0.4 is 5.32 Å². The Morgan fingerprint density at radius 1 is 0.741 bits per heavy atom. The molecule has 58 heavy (non-hydrogen) atoms. The Balaban J connectivity index is 0.790. The number of unbranched alkanes of at least 4 members (excludes halogenated alkanes) is 8. The Morgan fingerprint density at radius 2 is 1.36 bits per heavy atom. The zero-order valence-corrected chi connectivity index (χ0v) is 34.5. The van der Waals surface area contributed by atoms with Gasteiger partial charge in [0, 0.05) is 39.6 Å². The number of carbonyl (C=O) groups is 1. The lowest BCUT2D eigenvalue weighted by Crippen LogP contribution is -2.26. The monoisotopic (exact) mass is 809 g/mol. The van der Waals surface area contributed by atoms with E-state index in [1.54, 1.807) is 0 Å². The molecule has 2 aliphatic heterocycles. The van der Waals surface area contributed by atoms with E-state index in [1.165, 1.54) is 17.7 Å². The van der Waals surface area contributed by atoms with Crippen LogP contribution in [0.4, 0.5) is 5.88 Å². The number of carbonyl (C=O) groups excluding carboxylic acids is 1. The number of nitro groups is 1. The predicted molar refractivity (Wildman–Crippen MR) is 219 cm³/mol. The number of ether oxygens (including phenoxy) is 5. The van der Waals surface area contributed by atoms with Crippen molar-refractivity contribution in [3.8, 4) is 0 Å². The molecule has 14 nitrogen and oxygen atoms in total. The molecule has 1 N–H and O–H groups in total. The molecule has 0 spiro atoms. The van der Waals surface area contributed by atoms with Gasteiger partial charge in [-0.05, 0) is 114 Å². The molecule has 0 aliphatic carbocycles. The second kappa shape index (κ2) is 27.1. The molecule has 1 amide bonds. The van der Waals surface area contributed by atoms with Crippen molar-refractivity contribution in [2.24, 2.45) is 0 Å². The highest BCUT2D eigenvalue weighted by Crippen LogP contribution is 2.34. The minimum absolute atomic E-state index is 0.0121. The number of nitrogens with zero attached hydrogens (tertiary/aromatic N) is 4. The van der Waals surface area contributed by atoms with Crippen LogP contribution in [0.3, 0.4) is 0 Å². The molecule has 2 aliphatic rings. The maximum Gasteiger partial charge on any atom is 0.433 e. The van der Waals surface area contributed by atoms with E-state index in [2.05, 4.69) is 46.1 Å². The summed E-state index contributed by atoms with van der Waals surface area (Å²) in [5, 5.41) is 22.4. The number of hydrogen-bond acceptors (Lipinski definition) is 11. The zero-order chi connectivity index (χ0) is 40.5. The summed E-state index contributed by atoms with van der Waals surface area (Å²) in [6.45, 7) is 5.12. The molecule has 14 heteroatoms. The number of furan rings is 1. The summed E-state index contributed by atoms with van der Waals surface area (Å²) in [6.07, 6.45) is 23.7. The van der Waals surface area contributed by atoms with Gasteiger partial charge in [-0.1, -0.05) is 61.2 Å². The Morgan fingerprint density at radius 3 is 2.03 bits per heavy atom. The summed E-state index contributed by atoms with van der Waals surface area (Å²) in [5.41, 5.74) is 2.15. The van der Waals surface area contributed by atoms with E-state index in [-0.39, 0.29) is 30.3 Å². The average Bonchev–Trinajstić information content (AvgIpc) is 3.96. The molecule has 2 fully saturated rings. The average molecular weight is 810 g/mol. The molecule has 4 atom stereocenters. The molecule has 3 aromatic rings. The Bertz CT molecular complexity index is 1550. The fourth-order valence-electron chi connectivity index (χ4n) is 7.60. The van der Waals surface area contributed by atoms with Gasteiger partial charge in [0.2, 0.25) is 0 Å². The second-order valence-electron chi connectivity index (χ2n) is 15.7. The summed E-state index contributed by atoms with van der Waals surface area (Å²) in [7, 11) is 0. The van der Waals surface area contributed by atoms with E-state index >= 15 is 0 Å². The molecular weight excluding hydrogens is 743 g/mol. The second-order valence-corrected chi connectivity index (χ2v) is 15.7. The third-order valence-electron chi connectivity index (χ3n) is 10.9. The number of aromatic nitrogens is 3. The number of nitrogens with one attached hydrogen (secondary N) is 1. The fraction of sp³-hybridized carbons (Fsp3) is 0.705. The molecule has 5 rings (SSSR count). The van der Waals surface area contributed by atoms with Crippen molar-refractivity contribution >= 4 is 11.8 Å². The molecular formula is C44H67N5O9. The summed E-state index contributed by atoms with van der Waals surface area (Å²) in [6, 6.07) is 12.8. The third kappa shape index (κ3) is 17.3. The van der Waals surface area contributed by atoms with Crippen LogP contribution in [0.2, 0.25) is 0 Å². The maximum absolute atomic E-state index is 12.0. The molecule has 4 heterocycles. The van der Waals surface area contributed by atoms with Crippen LogP contribution in [0.15, 0.2) is 53.1 Å². The van der Waals surface area contributed by atoms with Crippen LogP contribution in [-0.4, -0.2) is 77.6 Å². The number of benzene rings is 1. The molecule has 0 radical (unpaired) electrons. The quantitative estimate of drug-likeness (QED) is 0.0388. The van der Waals surface area contributed by atoms with Gasteiger partial charge in [0.1, 0.15) is 16.7 Å². The van der Waals surface area contributed by atoms with Gasteiger partial charge in [-0.3, -0.25) is 14.9 Å². The Hall–Kier alpha value is -3.69. The minimum Gasteiger partial charge on any atom is -0.395 e. The van der Waals surface area contributed by atoms with E-state index in [4.69, 9.17) is 28.1 Å². The van der Waals surface area contributed by atoms with Gasteiger partial charge in [-0.15, -0.1) is 5.10 Å². The van der Waals surface area contributed by atoms with Crippen molar-refractivity contribution < 1.29 is 37.8 Å². The summed E-state index contributed by atoms with van der Waals surface area (Å²) in [5.74, 6) is -0.903. The largest absolute Gasteiger partial charge is 0.433 e. The maximum atomic E-state index is 12.0. The minimum atomic E-state index is -0.660. The van der Waals surface area contributed by atoms with Gasteiger partial charge in [0.25, 0.3) is 5.91 Å². The van der Waals surface area contributed by atoms with E-state index < -0.39 is 16.7 Å². The fourth-order valence-corrected chi connectivity index (χ4v) is 7.60. The van der Waals surface area contributed by atoms with Crippen LogP contribution >= 0.6 is 0 Å². The lowest BCUT2D eigenvalue weighted by atomic mass is 9.99. The first-order chi connectivity index (χ1) is 28.5. The first kappa shape index (κ1) is 45.4. The molecule has 322 valence electrons. The van der Waals surface area contributed by atoms with Gasteiger partial charge >= 0.3 is 5.88 Å². The smallest absolute Gasteiger partial charge is 0.395 e. The first-order valence-electron chi connectivity index (χ1n) is 22.1. The van der Waals surface area contributed by atoms with Crippen LogP contribution in [-0.2, 0) is 30.3 Å². The lowest BCUT2D eigenvalue weighted by molar-refractivity contribution is -0.402. The number of rotatable bonds is 30. The van der Waals surface area contributed by atoms with Crippen LogP contribution in [0.1, 0.15) is 163 Å². The SMILES string of the molecule is O=C(NCCCCCCOCCCCCCOCCCC[C@H]1CCC[C@@H](n2cc([C@H]3CCC[C@@H](CCCCOCc4ccccc4)O3)nn2)O1)c1ccc([N+](=O)[O-])o1. The number of amides is 1. The van der Waals surface area contributed by atoms with Gasteiger partial charge in [-0.25, -0.2) is 4.68 Å². The molecule has 0 saturated carbocycles. The van der Waals surface area contributed by atoms with Crippen LogP contribution in [0.5, 0.6) is 0 Å². The third-order valence-corrected chi connectivity index (χ3v) is 10.9. The van der Waals surface area contributed by atoms with E-state index in [1.807, 2.05) is 10.7 Å². The van der Waals surface area contributed by atoms with Gasteiger partial charge < -0.3 is 33.4 Å². The normalized spacial score (nSPS) is 19.7. The molecule has 2 aromatic heterocycles. The highest BCUT2D eigenvalue weighted by atomic mass is 16.6. The van der Waals surface area contributed by atoms with Crippen molar-refractivity contribution in [1.29, 1.82) is 0 Å². The Labute approximate surface area is 344 Å². The van der Waals surface area contributed by atoms with Crippen molar-refractivity contribution in [3.63, 3.8) is 0 Å². The summed E-state index contributed by atoms with van der Waals surface area (Å²) >= 11 is 0. The van der Waals surface area contributed by atoms with Crippen molar-refractivity contribution in [2.45, 2.75) is 160 Å². The van der Waals surface area contributed by atoms with E-state index in [9.17, 15) is 14.9 Å². The lowest BCUT2D eigenvalue weighted by Gasteiger charge is -2.30. The van der Waals surface area contributed by atoms with Crippen molar-refractivity contribution in [2.75, 3.05) is 39.6 Å². The van der Waals surface area contributed by atoms with Gasteiger partial charge in [-0.2, -0.15) is 0 Å². The highest BCUT2D eigenvalue weighted by molar-refractivity contribution is 5.91. The van der Waals surface area contributed by atoms with E-state index in [0.29, 0.717) is 13.2 Å². The predicted octanol–water partition coefficient (Wildman–Crippen LogP) is 9.60. The molecule has 1 aromatic carbocycles. The molecule has 0 bridgehead atoms. The van der Waals surface area contributed by atoms with Crippen LogP contribution in [0, 0.1) is 10.1 Å². The van der Waals surface area contributed by atoms with Crippen molar-refractivity contribution in [1.82, 2.24) is 20.3 Å². The van der Waals surface area contributed by atoms with Crippen LogP contribution in [0.25, 0.3) is 0 Å². The first-order valence-corrected chi connectivity index (χ1v) is 22.1. The molecule has 0 unspecified atom stereocenters. The standard InChI is InChI=1S/C44H67N5O9/c50-44(41-26-27-43(58-41)49(51)52)45-28-10-1-2-11-29-53-30-12-3-4-13-31-54-32-14-8-21-38-23-17-25-42(57-38)48-34-39(46-47-48)40-24-16-22-37(56-40)20-9-15-33-55-35-36-18-6-5-7-19-36/h5-7,18-19,26-27,34,37-38,40,42H,1-4,8-17,20-25,28-33,35H2,(H,45,50)/t37-,38+,40-,42+/m1/s1.